The van der Waals surface area contributed by atoms with Crippen LogP contribution in [0.15, 0.2) is 48.5 Å². The molecule has 1 amide bonds. The second-order valence-electron chi connectivity index (χ2n) is 5.96. The molecule has 0 atom stereocenters. The van der Waals surface area contributed by atoms with Crippen molar-refractivity contribution in [2.45, 2.75) is 26.9 Å². The Kier molecular flexibility index (Phi) is 5.81. The number of ether oxygens (including phenoxy) is 1. The molecule has 7 heteroatoms. The van der Waals surface area contributed by atoms with Gasteiger partial charge in [-0.1, -0.05) is 18.2 Å². The molecule has 0 radical (unpaired) electrons. The SMILES string of the molecule is Cc1ccccc1NC(=O)Cc1nc(-c2ccc(OC(F)F)cc2)c(C)s1. The fraction of sp³-hybridized carbons (Fsp3) is 0.200. The Bertz CT molecular complexity index is 939. The summed E-state index contributed by atoms with van der Waals surface area (Å²) in [5, 5.41) is 3.59. The molecule has 0 saturated carbocycles. The molecule has 1 heterocycles. The molecule has 3 aromatic rings. The number of halogens is 2. The highest BCUT2D eigenvalue weighted by Gasteiger charge is 2.14. The number of para-hydroxylation sites is 1. The molecular weight excluding hydrogens is 370 g/mol. The number of rotatable bonds is 6. The van der Waals surface area contributed by atoms with E-state index in [-0.39, 0.29) is 18.1 Å². The van der Waals surface area contributed by atoms with E-state index in [0.29, 0.717) is 5.01 Å². The highest BCUT2D eigenvalue weighted by molar-refractivity contribution is 7.12. The van der Waals surface area contributed by atoms with Gasteiger partial charge in [0, 0.05) is 16.1 Å². The van der Waals surface area contributed by atoms with E-state index < -0.39 is 6.61 Å². The predicted octanol–water partition coefficient (Wildman–Crippen LogP) is 5.21. The van der Waals surface area contributed by atoms with Crippen LogP contribution in [0.1, 0.15) is 15.4 Å². The van der Waals surface area contributed by atoms with E-state index in [4.69, 9.17) is 0 Å². The van der Waals surface area contributed by atoms with Crippen molar-refractivity contribution in [1.82, 2.24) is 4.98 Å². The summed E-state index contributed by atoms with van der Waals surface area (Å²) in [4.78, 5) is 17.8. The molecule has 0 aliphatic carbocycles. The topological polar surface area (TPSA) is 51.2 Å². The molecule has 1 aromatic heterocycles. The number of amides is 1. The number of carbonyl (C=O) groups is 1. The van der Waals surface area contributed by atoms with Gasteiger partial charge in [-0.15, -0.1) is 11.3 Å². The van der Waals surface area contributed by atoms with Crippen LogP contribution in [0.25, 0.3) is 11.3 Å². The summed E-state index contributed by atoms with van der Waals surface area (Å²) in [6, 6.07) is 13.9. The van der Waals surface area contributed by atoms with Gasteiger partial charge < -0.3 is 10.1 Å². The van der Waals surface area contributed by atoms with E-state index in [1.807, 2.05) is 38.1 Å². The molecule has 140 valence electrons. The Morgan fingerprint density at radius 3 is 2.52 bits per heavy atom. The van der Waals surface area contributed by atoms with Crippen molar-refractivity contribution < 1.29 is 18.3 Å². The lowest BCUT2D eigenvalue weighted by Gasteiger charge is -2.06. The largest absolute Gasteiger partial charge is 0.435 e. The van der Waals surface area contributed by atoms with Crippen LogP contribution in [0.4, 0.5) is 14.5 Å². The van der Waals surface area contributed by atoms with Crippen LogP contribution in [-0.2, 0) is 11.2 Å². The summed E-state index contributed by atoms with van der Waals surface area (Å²) in [7, 11) is 0. The molecule has 0 bridgehead atoms. The first kappa shape index (κ1) is 19.0. The van der Waals surface area contributed by atoms with Crippen molar-refractivity contribution in [1.29, 1.82) is 0 Å². The number of benzene rings is 2. The van der Waals surface area contributed by atoms with Crippen LogP contribution in [-0.4, -0.2) is 17.5 Å². The maximum atomic E-state index is 12.3. The van der Waals surface area contributed by atoms with Crippen LogP contribution >= 0.6 is 11.3 Å². The number of thiazole rings is 1. The van der Waals surface area contributed by atoms with Gasteiger partial charge in [0.05, 0.1) is 12.1 Å². The van der Waals surface area contributed by atoms with Crippen LogP contribution in [0.2, 0.25) is 0 Å². The first-order chi connectivity index (χ1) is 12.9. The zero-order valence-corrected chi connectivity index (χ0v) is 15.6. The number of carbonyl (C=O) groups excluding carboxylic acids is 1. The van der Waals surface area contributed by atoms with E-state index >= 15 is 0 Å². The molecular formula is C20H18F2N2O2S. The van der Waals surface area contributed by atoms with Gasteiger partial charge in [-0.2, -0.15) is 8.78 Å². The van der Waals surface area contributed by atoms with Crippen molar-refractivity contribution in [3.05, 3.63) is 64.0 Å². The van der Waals surface area contributed by atoms with E-state index in [9.17, 15) is 13.6 Å². The summed E-state index contributed by atoms with van der Waals surface area (Å²) in [6.07, 6.45) is 0.173. The van der Waals surface area contributed by atoms with Crippen LogP contribution in [0.3, 0.4) is 0 Å². The van der Waals surface area contributed by atoms with E-state index in [1.54, 1.807) is 12.1 Å². The second kappa shape index (κ2) is 8.26. The minimum absolute atomic E-state index is 0.0967. The normalized spacial score (nSPS) is 10.9. The van der Waals surface area contributed by atoms with Crippen LogP contribution in [0, 0.1) is 13.8 Å². The number of aromatic nitrogens is 1. The number of aryl methyl sites for hydroxylation is 2. The fourth-order valence-electron chi connectivity index (χ4n) is 2.63. The third-order valence-electron chi connectivity index (χ3n) is 3.92. The van der Waals surface area contributed by atoms with Crippen molar-refractivity contribution in [2.24, 2.45) is 0 Å². The first-order valence-corrected chi connectivity index (χ1v) is 9.11. The zero-order valence-electron chi connectivity index (χ0n) is 14.8. The Hall–Kier alpha value is -2.80. The smallest absolute Gasteiger partial charge is 0.387 e. The predicted molar refractivity (Wildman–Crippen MR) is 102 cm³/mol. The molecule has 3 rings (SSSR count). The molecule has 0 aliphatic heterocycles. The number of alkyl halides is 2. The molecule has 0 fully saturated rings. The van der Waals surface area contributed by atoms with Gasteiger partial charge >= 0.3 is 6.61 Å². The third-order valence-corrected chi connectivity index (χ3v) is 4.90. The molecule has 0 saturated heterocycles. The highest BCUT2D eigenvalue weighted by atomic mass is 32.1. The summed E-state index contributed by atoms with van der Waals surface area (Å²) in [5.74, 6) is -0.0373. The molecule has 0 unspecified atom stereocenters. The average Bonchev–Trinajstić information content (AvgIpc) is 2.97. The van der Waals surface area contributed by atoms with Crippen molar-refractivity contribution in [3.63, 3.8) is 0 Å². The average molecular weight is 388 g/mol. The standard InChI is InChI=1S/C20H18F2N2O2S/c1-12-5-3-4-6-16(12)23-17(25)11-18-24-19(13(2)27-18)14-7-9-15(10-8-14)26-20(21)22/h3-10,20H,11H2,1-2H3,(H,23,25). The maximum absolute atomic E-state index is 12.3. The Balaban J connectivity index is 1.70. The lowest BCUT2D eigenvalue weighted by Crippen LogP contribution is -2.14. The summed E-state index contributed by atoms with van der Waals surface area (Å²) in [5.41, 5.74) is 3.30. The summed E-state index contributed by atoms with van der Waals surface area (Å²) < 4.78 is 28.8. The van der Waals surface area contributed by atoms with E-state index in [1.165, 1.54) is 23.5 Å². The number of nitrogens with zero attached hydrogens (tertiary/aromatic N) is 1. The van der Waals surface area contributed by atoms with Crippen molar-refractivity contribution >= 4 is 22.9 Å². The number of anilines is 1. The minimum Gasteiger partial charge on any atom is -0.435 e. The van der Waals surface area contributed by atoms with E-state index in [2.05, 4.69) is 15.0 Å². The van der Waals surface area contributed by atoms with Crippen molar-refractivity contribution in [3.8, 4) is 17.0 Å². The Labute approximate surface area is 159 Å². The molecule has 2 aromatic carbocycles. The van der Waals surface area contributed by atoms with Crippen LogP contribution < -0.4 is 10.1 Å². The Morgan fingerprint density at radius 2 is 1.85 bits per heavy atom. The van der Waals surface area contributed by atoms with Gasteiger partial charge in [0.25, 0.3) is 0 Å². The number of hydrogen-bond donors (Lipinski definition) is 1. The Morgan fingerprint density at radius 1 is 1.15 bits per heavy atom. The monoisotopic (exact) mass is 388 g/mol. The summed E-state index contributed by atoms with van der Waals surface area (Å²) in [6.45, 7) is 0.998. The minimum atomic E-state index is -2.85. The van der Waals surface area contributed by atoms with Gasteiger partial charge in [0.1, 0.15) is 10.8 Å². The molecule has 0 aliphatic rings. The van der Waals surface area contributed by atoms with Gasteiger partial charge in [0.2, 0.25) is 5.91 Å². The quantitative estimate of drug-likeness (QED) is 0.631. The summed E-state index contributed by atoms with van der Waals surface area (Å²) >= 11 is 1.44. The number of hydrogen-bond acceptors (Lipinski definition) is 4. The second-order valence-corrected chi connectivity index (χ2v) is 7.24. The first-order valence-electron chi connectivity index (χ1n) is 8.29. The lowest BCUT2D eigenvalue weighted by molar-refractivity contribution is -0.115. The maximum Gasteiger partial charge on any atom is 0.387 e. The van der Waals surface area contributed by atoms with E-state index in [0.717, 1.165) is 27.4 Å². The lowest BCUT2D eigenvalue weighted by atomic mass is 10.1. The molecule has 1 N–H and O–H groups in total. The van der Waals surface area contributed by atoms with Gasteiger partial charge in [-0.25, -0.2) is 4.98 Å². The van der Waals surface area contributed by atoms with Gasteiger partial charge in [0.15, 0.2) is 0 Å². The zero-order chi connectivity index (χ0) is 19.4. The molecule has 0 spiro atoms. The van der Waals surface area contributed by atoms with Crippen LogP contribution in [0.5, 0.6) is 5.75 Å². The fourth-order valence-corrected chi connectivity index (χ4v) is 3.59. The highest BCUT2D eigenvalue weighted by Crippen LogP contribution is 2.29. The van der Waals surface area contributed by atoms with Gasteiger partial charge in [-0.3, -0.25) is 4.79 Å². The molecule has 27 heavy (non-hydrogen) atoms. The van der Waals surface area contributed by atoms with Gasteiger partial charge in [-0.05, 0) is 49.7 Å². The molecule has 4 nitrogen and oxygen atoms in total. The number of nitrogens with one attached hydrogen (secondary N) is 1. The van der Waals surface area contributed by atoms with Crippen molar-refractivity contribution in [2.75, 3.05) is 5.32 Å². The third kappa shape index (κ3) is 4.89.